The number of piperidine rings is 4. The van der Waals surface area contributed by atoms with Gasteiger partial charge in [-0.05, 0) is 43.9 Å². The maximum Gasteiger partial charge on any atom is 0.222 e. The van der Waals surface area contributed by atoms with Crippen molar-refractivity contribution in [2.45, 2.75) is 56.7 Å². The van der Waals surface area contributed by atoms with Crippen molar-refractivity contribution in [3.05, 3.63) is 0 Å². The Kier molecular flexibility index (Phi) is 3.26. The summed E-state index contributed by atoms with van der Waals surface area (Å²) in [4.78, 5) is 17.2. The smallest absolute Gasteiger partial charge is 0.222 e. The fraction of sp³-hybridized carbons (Fsp3) is 0.938. The minimum Gasteiger partial charge on any atom is -0.381 e. The normalized spacial score (nSPS) is 45.0. The summed E-state index contributed by atoms with van der Waals surface area (Å²) in [5.41, 5.74) is 0. The third-order valence-electron chi connectivity index (χ3n) is 6.25. The topological polar surface area (TPSA) is 32.8 Å². The van der Waals surface area contributed by atoms with Gasteiger partial charge in [-0.15, -0.1) is 0 Å². The lowest BCUT2D eigenvalue weighted by atomic mass is 9.70. The Bertz CT molecular complexity index is 400. The molecule has 0 radical (unpaired) electrons. The van der Waals surface area contributed by atoms with Crippen molar-refractivity contribution in [1.82, 2.24) is 9.80 Å². The summed E-state index contributed by atoms with van der Waals surface area (Å²) in [7, 11) is 1.84. The van der Waals surface area contributed by atoms with Crippen LogP contribution in [-0.4, -0.2) is 60.6 Å². The van der Waals surface area contributed by atoms with Gasteiger partial charge in [-0.1, -0.05) is 0 Å². The van der Waals surface area contributed by atoms with Crippen molar-refractivity contribution in [2.24, 2.45) is 11.8 Å². The van der Waals surface area contributed by atoms with Crippen LogP contribution in [0.15, 0.2) is 0 Å². The Labute approximate surface area is 121 Å². The monoisotopic (exact) mass is 278 g/mol. The molecule has 0 saturated carbocycles. The quantitative estimate of drug-likeness (QED) is 0.728. The number of rotatable bonds is 1. The Hall–Kier alpha value is -0.610. The van der Waals surface area contributed by atoms with Gasteiger partial charge in [0.15, 0.2) is 0 Å². The third-order valence-corrected chi connectivity index (χ3v) is 6.25. The molecule has 0 aromatic heterocycles. The molecule has 112 valence electrons. The summed E-state index contributed by atoms with van der Waals surface area (Å²) < 4.78 is 5.60. The second-order valence-electron chi connectivity index (χ2n) is 7.21. The molecule has 2 bridgehead atoms. The minimum atomic E-state index is 0.420. The highest BCUT2D eigenvalue weighted by atomic mass is 16.5. The number of fused-ring (bicyclic) bond motifs is 6. The van der Waals surface area contributed by atoms with E-state index in [-0.39, 0.29) is 0 Å². The number of hydrogen-bond donors (Lipinski definition) is 0. The molecule has 0 aliphatic carbocycles. The first-order chi connectivity index (χ1) is 9.76. The molecule has 4 aliphatic heterocycles. The predicted octanol–water partition coefficient (Wildman–Crippen LogP) is 1.50. The maximum atomic E-state index is 12.2. The van der Waals surface area contributed by atoms with Gasteiger partial charge in [0, 0.05) is 45.2 Å². The Morgan fingerprint density at radius 3 is 2.80 bits per heavy atom. The minimum absolute atomic E-state index is 0.420. The van der Waals surface area contributed by atoms with Gasteiger partial charge in [0.1, 0.15) is 0 Å². The summed E-state index contributed by atoms with van der Waals surface area (Å²) in [6.45, 7) is 3.42. The number of amides is 1. The molecule has 0 spiro atoms. The number of hydrogen-bond acceptors (Lipinski definition) is 3. The molecule has 0 aromatic carbocycles. The van der Waals surface area contributed by atoms with Crippen molar-refractivity contribution in [3.8, 4) is 0 Å². The second kappa shape index (κ2) is 4.99. The van der Waals surface area contributed by atoms with Crippen molar-refractivity contribution >= 4 is 5.91 Å². The summed E-state index contributed by atoms with van der Waals surface area (Å²) in [5.74, 6) is 1.84. The second-order valence-corrected chi connectivity index (χ2v) is 7.21. The molecular weight excluding hydrogens is 252 g/mol. The lowest BCUT2D eigenvalue weighted by Gasteiger charge is -2.57. The lowest BCUT2D eigenvalue weighted by Crippen LogP contribution is -2.65. The number of nitrogens with zero attached hydrogens (tertiary/aromatic N) is 2. The first kappa shape index (κ1) is 13.1. The fourth-order valence-corrected chi connectivity index (χ4v) is 5.27. The summed E-state index contributed by atoms with van der Waals surface area (Å²) >= 11 is 0. The summed E-state index contributed by atoms with van der Waals surface area (Å²) in [6.07, 6.45) is 7.25. The SMILES string of the molecule is CO[C@@H]1CCN2C[C@@H]3C[C@@H](CN4C(=O)CCC[C@H]34)[C@H]2C1. The highest BCUT2D eigenvalue weighted by Crippen LogP contribution is 2.43. The molecular formula is C16H26N2O2. The standard InChI is InChI=1S/C16H26N2O2/c1-20-13-5-6-17-9-11-7-12(15(17)8-13)10-18-14(11)3-2-4-16(18)19/h11-15H,2-10H2,1H3/t11-,12-,13+,14+,15+/m0/s1. The van der Waals surface area contributed by atoms with E-state index in [4.69, 9.17) is 4.74 Å². The molecule has 4 heterocycles. The number of carbonyl (C=O) groups is 1. The number of carbonyl (C=O) groups excluding carboxylic acids is 1. The third kappa shape index (κ3) is 2.00. The average Bonchev–Trinajstić information content (AvgIpc) is 2.48. The van der Waals surface area contributed by atoms with E-state index in [9.17, 15) is 4.79 Å². The van der Waals surface area contributed by atoms with Gasteiger partial charge in [0.2, 0.25) is 5.91 Å². The largest absolute Gasteiger partial charge is 0.381 e. The molecule has 4 fully saturated rings. The van der Waals surface area contributed by atoms with Gasteiger partial charge in [-0.2, -0.15) is 0 Å². The maximum absolute atomic E-state index is 12.2. The van der Waals surface area contributed by atoms with Crippen molar-refractivity contribution in [1.29, 1.82) is 0 Å². The van der Waals surface area contributed by atoms with Crippen molar-refractivity contribution in [2.75, 3.05) is 26.7 Å². The first-order valence-corrected chi connectivity index (χ1v) is 8.32. The summed E-state index contributed by atoms with van der Waals surface area (Å²) in [5, 5.41) is 0. The molecule has 0 unspecified atom stereocenters. The molecule has 0 aromatic rings. The highest BCUT2D eigenvalue weighted by molar-refractivity contribution is 5.77. The van der Waals surface area contributed by atoms with Gasteiger partial charge < -0.3 is 9.64 Å². The van der Waals surface area contributed by atoms with E-state index < -0.39 is 0 Å². The lowest BCUT2D eigenvalue weighted by molar-refractivity contribution is -0.150. The molecule has 4 aliphatic rings. The van der Waals surface area contributed by atoms with E-state index in [1.807, 2.05) is 7.11 Å². The Morgan fingerprint density at radius 2 is 1.95 bits per heavy atom. The van der Waals surface area contributed by atoms with Crippen LogP contribution >= 0.6 is 0 Å². The van der Waals surface area contributed by atoms with E-state index in [2.05, 4.69) is 9.80 Å². The number of ether oxygens (including phenoxy) is 1. The molecule has 4 rings (SSSR count). The van der Waals surface area contributed by atoms with Crippen molar-refractivity contribution < 1.29 is 9.53 Å². The zero-order valence-electron chi connectivity index (χ0n) is 12.5. The van der Waals surface area contributed by atoms with Crippen LogP contribution in [0.1, 0.15) is 38.5 Å². The molecule has 4 saturated heterocycles. The molecule has 1 amide bonds. The molecule has 5 atom stereocenters. The van der Waals surface area contributed by atoms with Crippen LogP contribution in [0.3, 0.4) is 0 Å². The molecule has 0 N–H and O–H groups in total. The van der Waals surface area contributed by atoms with Gasteiger partial charge in [-0.25, -0.2) is 0 Å². The van der Waals surface area contributed by atoms with Crippen LogP contribution in [0.5, 0.6) is 0 Å². The predicted molar refractivity (Wildman–Crippen MR) is 76.3 cm³/mol. The van der Waals surface area contributed by atoms with Crippen LogP contribution in [0.25, 0.3) is 0 Å². The van der Waals surface area contributed by atoms with Gasteiger partial charge in [0.05, 0.1) is 6.10 Å². The van der Waals surface area contributed by atoms with E-state index in [0.29, 0.717) is 30.0 Å². The zero-order chi connectivity index (χ0) is 13.7. The van der Waals surface area contributed by atoms with Gasteiger partial charge >= 0.3 is 0 Å². The van der Waals surface area contributed by atoms with Crippen LogP contribution in [0.4, 0.5) is 0 Å². The van der Waals surface area contributed by atoms with E-state index >= 15 is 0 Å². The Balaban J connectivity index is 1.55. The van der Waals surface area contributed by atoms with E-state index in [1.54, 1.807) is 0 Å². The van der Waals surface area contributed by atoms with E-state index in [0.717, 1.165) is 25.3 Å². The van der Waals surface area contributed by atoms with Crippen LogP contribution < -0.4 is 0 Å². The van der Waals surface area contributed by atoms with Crippen LogP contribution in [0.2, 0.25) is 0 Å². The number of methoxy groups -OCH3 is 1. The van der Waals surface area contributed by atoms with Crippen LogP contribution in [0, 0.1) is 11.8 Å². The van der Waals surface area contributed by atoms with Gasteiger partial charge in [-0.3, -0.25) is 9.69 Å². The first-order valence-electron chi connectivity index (χ1n) is 8.32. The summed E-state index contributed by atoms with van der Waals surface area (Å²) in [6, 6.07) is 1.20. The Morgan fingerprint density at radius 1 is 1.10 bits per heavy atom. The molecule has 4 heteroatoms. The van der Waals surface area contributed by atoms with E-state index in [1.165, 1.54) is 38.8 Å². The molecule has 20 heavy (non-hydrogen) atoms. The highest BCUT2D eigenvalue weighted by Gasteiger charge is 2.49. The van der Waals surface area contributed by atoms with Crippen molar-refractivity contribution in [3.63, 3.8) is 0 Å². The zero-order valence-corrected chi connectivity index (χ0v) is 12.5. The van der Waals surface area contributed by atoms with Gasteiger partial charge in [0.25, 0.3) is 0 Å². The van der Waals surface area contributed by atoms with Crippen LogP contribution in [-0.2, 0) is 9.53 Å². The molecule has 4 nitrogen and oxygen atoms in total. The average molecular weight is 278 g/mol. The fourth-order valence-electron chi connectivity index (χ4n) is 5.27.